The molecule has 0 aromatic heterocycles. The molecule has 0 bridgehead atoms. The van der Waals surface area contributed by atoms with Gasteiger partial charge in [-0.05, 0) is 13.8 Å². The normalized spacial score (nSPS) is 16.2. The minimum atomic E-state index is -0.0280. The predicted octanol–water partition coefficient (Wildman–Crippen LogP) is 1.76. The maximum Gasteiger partial charge on any atom is 0.0738 e. The van der Waals surface area contributed by atoms with Crippen molar-refractivity contribution in [3.8, 4) is 0 Å². The maximum absolute atomic E-state index is 5.19. The van der Waals surface area contributed by atoms with Crippen LogP contribution in [0.5, 0.6) is 0 Å². The van der Waals surface area contributed by atoms with Gasteiger partial charge in [-0.25, -0.2) is 0 Å². The summed E-state index contributed by atoms with van der Waals surface area (Å²) in [4.78, 5) is 0. The van der Waals surface area contributed by atoms with E-state index in [4.69, 9.17) is 17.9 Å². The second-order valence-electron chi connectivity index (χ2n) is 1.93. The van der Waals surface area contributed by atoms with Gasteiger partial charge in [0, 0.05) is 0 Å². The Hall–Kier alpha value is -0.560. The molecule has 0 fully saturated rings. The van der Waals surface area contributed by atoms with Gasteiger partial charge in [-0.15, -0.1) is 0 Å². The highest BCUT2D eigenvalue weighted by atomic mass is 16.5. The van der Waals surface area contributed by atoms with Gasteiger partial charge in [0.25, 0.3) is 0 Å². The van der Waals surface area contributed by atoms with Crippen molar-refractivity contribution in [1.82, 2.24) is 0 Å². The monoisotopic (exact) mass is 124 g/mol. The Morgan fingerprint density at radius 1 is 1.11 bits per heavy atom. The molecule has 0 amide bonds. The Balaban J connectivity index is 3.45. The smallest absolute Gasteiger partial charge is 0.0738 e. The fourth-order valence-electron chi connectivity index (χ4n) is 0.429. The van der Waals surface area contributed by atoms with E-state index in [1.54, 1.807) is 0 Å². The van der Waals surface area contributed by atoms with Crippen LogP contribution in [0, 0.1) is 13.2 Å². The van der Waals surface area contributed by atoms with Crippen LogP contribution >= 0.6 is 0 Å². The Kier molecular flexibility index (Phi) is 4.06. The second-order valence-corrected chi connectivity index (χ2v) is 1.93. The molecular weight excluding hydrogens is 112 g/mol. The minimum Gasteiger partial charge on any atom is -0.367 e. The third-order valence-electron chi connectivity index (χ3n) is 0.971. The zero-order chi connectivity index (χ0) is 7.28. The fourth-order valence-corrected chi connectivity index (χ4v) is 0.429. The van der Waals surface area contributed by atoms with Gasteiger partial charge in [0.1, 0.15) is 0 Å². The summed E-state index contributed by atoms with van der Waals surface area (Å²) in [6.07, 6.45) is 2.92. The van der Waals surface area contributed by atoms with E-state index in [0.29, 0.717) is 0 Å². The molecule has 2 atom stereocenters. The van der Waals surface area contributed by atoms with Crippen LogP contribution < -0.4 is 0 Å². The van der Waals surface area contributed by atoms with Crippen LogP contribution in [-0.2, 0) is 4.74 Å². The lowest BCUT2D eigenvalue weighted by Crippen LogP contribution is -2.11. The standard InChI is InChI=1S/C8H12O/c1-5-7(3)9-8(4)6-2/h1-2,5-8H,3-4H3. The predicted molar refractivity (Wildman–Crippen MR) is 37.7 cm³/mol. The highest BCUT2D eigenvalue weighted by molar-refractivity contribution is 4.78. The van der Waals surface area contributed by atoms with Crippen LogP contribution in [0.25, 0.3) is 0 Å². The van der Waals surface area contributed by atoms with Crippen molar-refractivity contribution >= 4 is 0 Å². The number of rotatable bonds is 4. The first-order chi connectivity index (χ1) is 4.20. The van der Waals surface area contributed by atoms with Crippen molar-refractivity contribution in [3.63, 3.8) is 0 Å². The molecule has 0 aliphatic rings. The molecule has 2 unspecified atom stereocenters. The first-order valence-corrected chi connectivity index (χ1v) is 2.96. The van der Waals surface area contributed by atoms with E-state index in [2.05, 4.69) is 0 Å². The molecule has 0 aliphatic carbocycles. The molecule has 0 aliphatic heterocycles. The highest BCUT2D eigenvalue weighted by Crippen LogP contribution is 1.97. The van der Waals surface area contributed by atoms with Crippen molar-refractivity contribution in [2.45, 2.75) is 26.1 Å². The number of ether oxygens (including phenoxy) is 1. The summed E-state index contributed by atoms with van der Waals surface area (Å²) in [5, 5.41) is 0. The zero-order valence-electron chi connectivity index (χ0n) is 5.87. The quantitative estimate of drug-likeness (QED) is 0.555. The van der Waals surface area contributed by atoms with Gasteiger partial charge >= 0.3 is 0 Å². The molecule has 0 aromatic rings. The van der Waals surface area contributed by atoms with E-state index < -0.39 is 0 Å². The van der Waals surface area contributed by atoms with E-state index in [0.717, 1.165) is 0 Å². The van der Waals surface area contributed by atoms with Crippen LogP contribution in [-0.4, -0.2) is 12.2 Å². The van der Waals surface area contributed by atoms with Crippen molar-refractivity contribution in [3.05, 3.63) is 25.3 Å². The minimum absolute atomic E-state index is 0.0280. The van der Waals surface area contributed by atoms with Gasteiger partial charge in [-0.3, -0.25) is 0 Å². The topological polar surface area (TPSA) is 9.23 Å². The van der Waals surface area contributed by atoms with Crippen molar-refractivity contribution < 1.29 is 4.74 Å². The third kappa shape index (κ3) is 3.98. The Bertz CT molecular complexity index is 84.7. The van der Waals surface area contributed by atoms with Crippen molar-refractivity contribution in [1.29, 1.82) is 0 Å². The van der Waals surface area contributed by atoms with Gasteiger partial charge in [0.15, 0.2) is 0 Å². The lowest BCUT2D eigenvalue weighted by molar-refractivity contribution is 0.0632. The fraction of sp³-hybridized carbons (Fsp3) is 0.500. The van der Waals surface area contributed by atoms with Gasteiger partial charge < -0.3 is 4.74 Å². The van der Waals surface area contributed by atoms with E-state index in [-0.39, 0.29) is 12.2 Å². The summed E-state index contributed by atoms with van der Waals surface area (Å²) in [6, 6.07) is 0. The Labute approximate surface area is 57.0 Å². The molecule has 0 aromatic carbocycles. The Morgan fingerprint density at radius 3 is 1.67 bits per heavy atom. The first-order valence-electron chi connectivity index (χ1n) is 2.96. The van der Waals surface area contributed by atoms with Gasteiger partial charge in [0.05, 0.1) is 12.2 Å². The maximum atomic E-state index is 5.19. The van der Waals surface area contributed by atoms with Gasteiger partial charge in [-0.2, -0.15) is 0 Å². The van der Waals surface area contributed by atoms with E-state index >= 15 is 0 Å². The molecule has 0 rings (SSSR count). The summed E-state index contributed by atoms with van der Waals surface area (Å²) in [5.74, 6) is 0. The molecular formula is C8H12O. The lowest BCUT2D eigenvalue weighted by atomic mass is 10.3. The van der Waals surface area contributed by atoms with Crippen LogP contribution in [0.1, 0.15) is 13.8 Å². The first kappa shape index (κ1) is 8.44. The molecule has 9 heavy (non-hydrogen) atoms. The lowest BCUT2D eigenvalue weighted by Gasteiger charge is -2.11. The van der Waals surface area contributed by atoms with Crippen molar-refractivity contribution in [2.24, 2.45) is 0 Å². The van der Waals surface area contributed by atoms with Gasteiger partial charge in [0.2, 0.25) is 0 Å². The van der Waals surface area contributed by atoms with Crippen LogP contribution in [0.4, 0.5) is 0 Å². The molecule has 0 saturated heterocycles. The average molecular weight is 124 g/mol. The summed E-state index contributed by atoms with van der Waals surface area (Å²) < 4.78 is 5.19. The van der Waals surface area contributed by atoms with E-state index in [1.165, 1.54) is 12.2 Å². The third-order valence-corrected chi connectivity index (χ3v) is 0.971. The molecule has 0 spiro atoms. The largest absolute Gasteiger partial charge is 0.367 e. The zero-order valence-corrected chi connectivity index (χ0v) is 5.87. The molecule has 0 saturated carbocycles. The SMILES string of the molecule is [CH]=CC(C)OC(C)C=[CH]. The second kappa shape index (κ2) is 4.33. The number of hydrogen-bond acceptors (Lipinski definition) is 1. The molecule has 50 valence electrons. The molecule has 2 radical (unpaired) electrons. The molecule has 1 heteroatoms. The van der Waals surface area contributed by atoms with E-state index in [9.17, 15) is 0 Å². The van der Waals surface area contributed by atoms with Crippen molar-refractivity contribution in [2.75, 3.05) is 0 Å². The van der Waals surface area contributed by atoms with Crippen LogP contribution in [0.3, 0.4) is 0 Å². The number of hydrogen-bond donors (Lipinski definition) is 0. The average Bonchev–Trinajstić information content (AvgIpc) is 1.87. The van der Waals surface area contributed by atoms with Crippen LogP contribution in [0.2, 0.25) is 0 Å². The summed E-state index contributed by atoms with van der Waals surface area (Å²) in [6.45, 7) is 14.1. The van der Waals surface area contributed by atoms with Gasteiger partial charge in [-0.1, -0.05) is 25.3 Å². The molecule has 0 heterocycles. The summed E-state index contributed by atoms with van der Waals surface area (Å²) in [5.41, 5.74) is 0. The molecule has 1 nitrogen and oxygen atoms in total. The van der Waals surface area contributed by atoms with Crippen LogP contribution in [0.15, 0.2) is 12.2 Å². The Morgan fingerprint density at radius 2 is 1.44 bits per heavy atom. The molecule has 0 N–H and O–H groups in total. The summed E-state index contributed by atoms with van der Waals surface area (Å²) >= 11 is 0. The van der Waals surface area contributed by atoms with E-state index in [1.807, 2.05) is 13.8 Å². The highest BCUT2D eigenvalue weighted by Gasteiger charge is 1.98. The summed E-state index contributed by atoms with van der Waals surface area (Å²) in [7, 11) is 0.